The number of rotatable bonds is 5. The van der Waals surface area contributed by atoms with Gasteiger partial charge in [0.05, 0.1) is 12.2 Å². The highest BCUT2D eigenvalue weighted by atomic mass is 19.2. The molecule has 1 aromatic carbocycles. The van der Waals surface area contributed by atoms with Crippen LogP contribution in [0.4, 0.5) is 8.78 Å². The topological polar surface area (TPSA) is 29.9 Å². The summed E-state index contributed by atoms with van der Waals surface area (Å²) in [5.74, 6) is -1.64. The first-order valence-corrected chi connectivity index (χ1v) is 6.40. The lowest BCUT2D eigenvalue weighted by Gasteiger charge is -2.08. The van der Waals surface area contributed by atoms with Gasteiger partial charge in [0.25, 0.3) is 0 Å². The molecule has 1 aliphatic carbocycles. The lowest BCUT2D eigenvalue weighted by atomic mass is 10.2. The Kier molecular flexibility index (Phi) is 3.29. The Hall–Kier alpha value is -1.75. The molecule has 0 amide bonds. The van der Waals surface area contributed by atoms with Crippen LogP contribution in [-0.4, -0.2) is 15.8 Å². The molecule has 0 atom stereocenters. The second-order valence-electron chi connectivity index (χ2n) is 4.88. The monoisotopic (exact) mass is 263 g/mol. The van der Waals surface area contributed by atoms with E-state index >= 15 is 0 Å². The van der Waals surface area contributed by atoms with Gasteiger partial charge in [0, 0.05) is 18.8 Å². The Morgan fingerprint density at radius 2 is 2.05 bits per heavy atom. The Labute approximate surface area is 110 Å². The predicted molar refractivity (Wildman–Crippen MR) is 67.5 cm³/mol. The van der Waals surface area contributed by atoms with Gasteiger partial charge in [0.2, 0.25) is 0 Å². The smallest absolute Gasteiger partial charge is 0.159 e. The van der Waals surface area contributed by atoms with Crippen LogP contribution in [0, 0.1) is 11.6 Å². The number of aromatic nitrogens is 2. The molecule has 19 heavy (non-hydrogen) atoms. The molecule has 3 rings (SSSR count). The summed E-state index contributed by atoms with van der Waals surface area (Å²) in [6, 6.07) is 6.52. The van der Waals surface area contributed by atoms with Crippen molar-refractivity contribution in [2.24, 2.45) is 0 Å². The van der Waals surface area contributed by atoms with Gasteiger partial charge < -0.3 is 5.32 Å². The molecular weight excluding hydrogens is 248 g/mol. The summed E-state index contributed by atoms with van der Waals surface area (Å²) in [7, 11) is 0. The average Bonchev–Trinajstić information content (AvgIpc) is 3.12. The van der Waals surface area contributed by atoms with Crippen LogP contribution in [0.5, 0.6) is 0 Å². The highest BCUT2D eigenvalue weighted by molar-refractivity contribution is 5.18. The van der Waals surface area contributed by atoms with Gasteiger partial charge in [-0.15, -0.1) is 0 Å². The van der Waals surface area contributed by atoms with Crippen molar-refractivity contribution >= 4 is 0 Å². The van der Waals surface area contributed by atoms with Crippen molar-refractivity contribution < 1.29 is 8.78 Å². The normalized spacial score (nSPS) is 14.8. The van der Waals surface area contributed by atoms with E-state index in [2.05, 4.69) is 10.4 Å². The standard InChI is InChI=1S/C14H15F2N3/c15-13-4-1-10(7-14(13)16)9-19-12(5-6-18-19)8-17-11-2-3-11/h1,4-7,11,17H,2-3,8-9H2. The molecule has 1 aromatic heterocycles. The highest BCUT2D eigenvalue weighted by Gasteiger charge is 2.20. The third kappa shape index (κ3) is 2.98. The van der Waals surface area contributed by atoms with Crippen LogP contribution in [-0.2, 0) is 13.1 Å². The quantitative estimate of drug-likeness (QED) is 0.898. The molecule has 0 saturated heterocycles. The van der Waals surface area contributed by atoms with E-state index in [1.54, 1.807) is 12.3 Å². The van der Waals surface area contributed by atoms with Gasteiger partial charge in [-0.1, -0.05) is 6.07 Å². The van der Waals surface area contributed by atoms with E-state index in [4.69, 9.17) is 0 Å². The predicted octanol–water partition coefficient (Wildman–Crippen LogP) is 2.46. The van der Waals surface area contributed by atoms with E-state index in [-0.39, 0.29) is 0 Å². The molecular formula is C14H15F2N3. The minimum absolute atomic E-state index is 0.450. The maximum Gasteiger partial charge on any atom is 0.159 e. The fraction of sp³-hybridized carbons (Fsp3) is 0.357. The van der Waals surface area contributed by atoms with Crippen LogP contribution < -0.4 is 5.32 Å². The Morgan fingerprint density at radius 1 is 1.21 bits per heavy atom. The molecule has 0 spiro atoms. The maximum atomic E-state index is 13.2. The summed E-state index contributed by atoms with van der Waals surface area (Å²) in [4.78, 5) is 0. The van der Waals surface area contributed by atoms with Gasteiger partial charge in [-0.2, -0.15) is 5.10 Å². The summed E-state index contributed by atoms with van der Waals surface area (Å²) in [5, 5.41) is 7.63. The summed E-state index contributed by atoms with van der Waals surface area (Å²) in [5.41, 5.74) is 1.76. The zero-order valence-corrected chi connectivity index (χ0v) is 10.4. The maximum absolute atomic E-state index is 13.2. The number of benzene rings is 1. The third-order valence-electron chi connectivity index (χ3n) is 3.27. The number of nitrogens with zero attached hydrogens (tertiary/aromatic N) is 2. The lowest BCUT2D eigenvalue weighted by Crippen LogP contribution is -2.19. The number of hydrogen-bond acceptors (Lipinski definition) is 2. The van der Waals surface area contributed by atoms with Crippen LogP contribution in [0.2, 0.25) is 0 Å². The van der Waals surface area contributed by atoms with Gasteiger partial charge in [-0.3, -0.25) is 4.68 Å². The average molecular weight is 263 g/mol. The minimum atomic E-state index is -0.820. The van der Waals surface area contributed by atoms with Crippen LogP contribution in [0.1, 0.15) is 24.1 Å². The molecule has 1 aliphatic rings. The van der Waals surface area contributed by atoms with Gasteiger partial charge in [0.1, 0.15) is 0 Å². The van der Waals surface area contributed by atoms with E-state index in [0.717, 1.165) is 18.3 Å². The van der Waals surface area contributed by atoms with Gasteiger partial charge in [-0.25, -0.2) is 8.78 Å². The van der Waals surface area contributed by atoms with Gasteiger partial charge in [-0.05, 0) is 36.6 Å². The summed E-state index contributed by atoms with van der Waals surface area (Å²) in [6.45, 7) is 1.21. The van der Waals surface area contributed by atoms with E-state index in [1.807, 2.05) is 10.7 Å². The number of hydrogen-bond donors (Lipinski definition) is 1. The largest absolute Gasteiger partial charge is 0.308 e. The zero-order valence-electron chi connectivity index (χ0n) is 10.4. The zero-order chi connectivity index (χ0) is 13.2. The fourth-order valence-corrected chi connectivity index (χ4v) is 2.00. The van der Waals surface area contributed by atoms with Crippen molar-refractivity contribution in [2.75, 3.05) is 0 Å². The van der Waals surface area contributed by atoms with Crippen LogP contribution >= 0.6 is 0 Å². The molecule has 0 unspecified atom stereocenters. The van der Waals surface area contributed by atoms with Crippen LogP contribution in [0.15, 0.2) is 30.5 Å². The highest BCUT2D eigenvalue weighted by Crippen LogP contribution is 2.19. The SMILES string of the molecule is Fc1ccc(Cn2nccc2CNC2CC2)cc1F. The first kappa shape index (κ1) is 12.3. The van der Waals surface area contributed by atoms with Crippen LogP contribution in [0.25, 0.3) is 0 Å². The van der Waals surface area contributed by atoms with E-state index in [0.29, 0.717) is 18.2 Å². The summed E-state index contributed by atoms with van der Waals surface area (Å²) < 4.78 is 27.8. The molecule has 3 nitrogen and oxygen atoms in total. The van der Waals surface area contributed by atoms with Crippen LogP contribution in [0.3, 0.4) is 0 Å². The number of nitrogens with one attached hydrogen (secondary N) is 1. The lowest BCUT2D eigenvalue weighted by molar-refractivity contribution is 0.505. The number of halogens is 2. The fourth-order valence-electron chi connectivity index (χ4n) is 2.00. The first-order chi connectivity index (χ1) is 9.22. The molecule has 1 heterocycles. The van der Waals surface area contributed by atoms with Gasteiger partial charge >= 0.3 is 0 Å². The summed E-state index contributed by atoms with van der Waals surface area (Å²) >= 11 is 0. The second-order valence-corrected chi connectivity index (χ2v) is 4.88. The second kappa shape index (κ2) is 5.09. The molecule has 5 heteroatoms. The molecule has 0 aliphatic heterocycles. The molecule has 1 fully saturated rings. The van der Waals surface area contributed by atoms with Crippen molar-refractivity contribution in [1.29, 1.82) is 0 Å². The Bertz CT molecular complexity index is 576. The van der Waals surface area contributed by atoms with E-state index in [1.165, 1.54) is 18.9 Å². The molecule has 1 saturated carbocycles. The third-order valence-corrected chi connectivity index (χ3v) is 3.27. The van der Waals surface area contributed by atoms with E-state index in [9.17, 15) is 8.78 Å². The van der Waals surface area contributed by atoms with Crippen molar-refractivity contribution in [3.8, 4) is 0 Å². The molecule has 2 aromatic rings. The first-order valence-electron chi connectivity index (χ1n) is 6.40. The van der Waals surface area contributed by atoms with Crippen molar-refractivity contribution in [1.82, 2.24) is 15.1 Å². The van der Waals surface area contributed by atoms with E-state index < -0.39 is 11.6 Å². The van der Waals surface area contributed by atoms with Crippen molar-refractivity contribution in [3.63, 3.8) is 0 Å². The Morgan fingerprint density at radius 3 is 2.79 bits per heavy atom. The van der Waals surface area contributed by atoms with Gasteiger partial charge in [0.15, 0.2) is 11.6 Å². The van der Waals surface area contributed by atoms with Crippen molar-refractivity contribution in [3.05, 3.63) is 53.4 Å². The Balaban J connectivity index is 1.71. The van der Waals surface area contributed by atoms with Crippen molar-refractivity contribution in [2.45, 2.75) is 32.0 Å². The molecule has 0 bridgehead atoms. The molecule has 0 radical (unpaired) electrons. The molecule has 1 N–H and O–H groups in total. The minimum Gasteiger partial charge on any atom is -0.308 e. The summed E-state index contributed by atoms with van der Waals surface area (Å²) in [6.07, 6.45) is 4.19. The molecule has 100 valence electrons.